The first-order chi connectivity index (χ1) is 50.0. The number of esters is 4. The van der Waals surface area contributed by atoms with Crippen LogP contribution in [-0.4, -0.2) is 96.7 Å². The Kier molecular flexibility index (Phi) is 75.4. The van der Waals surface area contributed by atoms with Crippen molar-refractivity contribution in [3.05, 3.63) is 0 Å². The Morgan fingerprint density at radius 1 is 0.262 bits per heavy atom. The Morgan fingerprint density at radius 3 is 0.660 bits per heavy atom. The van der Waals surface area contributed by atoms with Gasteiger partial charge in [0, 0.05) is 25.7 Å². The van der Waals surface area contributed by atoms with E-state index in [1.165, 1.54) is 276 Å². The molecule has 2 unspecified atom stereocenters. The summed E-state index contributed by atoms with van der Waals surface area (Å²) >= 11 is 0. The second kappa shape index (κ2) is 76.8. The first-order valence-electron chi connectivity index (χ1n) is 43.6. The Bertz CT molecular complexity index is 1960. The van der Waals surface area contributed by atoms with Gasteiger partial charge in [0.2, 0.25) is 0 Å². The van der Waals surface area contributed by atoms with Crippen molar-refractivity contribution in [3.63, 3.8) is 0 Å². The average Bonchev–Trinajstić information content (AvgIpc) is 1.02. The lowest BCUT2D eigenvalue weighted by atomic mass is 10.0. The van der Waals surface area contributed by atoms with Crippen LogP contribution in [0.1, 0.15) is 452 Å². The number of unbranched alkanes of at least 4 members (excludes halogenated alkanes) is 56. The van der Waals surface area contributed by atoms with Crippen LogP contribution in [0.2, 0.25) is 0 Å². The summed E-state index contributed by atoms with van der Waals surface area (Å²) in [5.41, 5.74) is 0. The largest absolute Gasteiger partial charge is 0.472 e. The topological polar surface area (TPSA) is 237 Å². The number of phosphoric acid groups is 2. The fraction of sp³-hybridized carbons (Fsp3) is 0.952. The van der Waals surface area contributed by atoms with Gasteiger partial charge in [-0.1, -0.05) is 401 Å². The van der Waals surface area contributed by atoms with Crippen LogP contribution in [0.5, 0.6) is 0 Å². The molecule has 0 rings (SSSR count). The summed E-state index contributed by atoms with van der Waals surface area (Å²) < 4.78 is 68.9. The molecule has 103 heavy (non-hydrogen) atoms. The van der Waals surface area contributed by atoms with E-state index in [9.17, 15) is 43.2 Å². The summed E-state index contributed by atoms with van der Waals surface area (Å²) in [5, 5.41) is 10.7. The molecule has 0 saturated heterocycles. The number of phosphoric ester groups is 2. The van der Waals surface area contributed by atoms with E-state index >= 15 is 0 Å². The zero-order valence-electron chi connectivity index (χ0n) is 67.5. The van der Waals surface area contributed by atoms with Gasteiger partial charge < -0.3 is 33.8 Å². The highest BCUT2D eigenvalue weighted by Gasteiger charge is 2.30. The van der Waals surface area contributed by atoms with Gasteiger partial charge in [0.15, 0.2) is 12.2 Å². The number of carbonyl (C=O) groups excluding carboxylic acids is 4. The molecule has 0 bridgehead atoms. The number of hydrogen-bond acceptors (Lipinski definition) is 15. The van der Waals surface area contributed by atoms with Gasteiger partial charge in [-0.05, 0) is 31.6 Å². The molecular formula is C84H164O17P2. The number of rotatable bonds is 84. The summed E-state index contributed by atoms with van der Waals surface area (Å²) in [6.07, 6.45) is 69.2. The van der Waals surface area contributed by atoms with Crippen molar-refractivity contribution in [2.75, 3.05) is 39.6 Å². The van der Waals surface area contributed by atoms with Crippen LogP contribution in [0, 0.1) is 5.92 Å². The molecule has 0 spiro atoms. The first-order valence-corrected chi connectivity index (χ1v) is 46.6. The van der Waals surface area contributed by atoms with Crippen molar-refractivity contribution in [2.45, 2.75) is 470 Å². The maximum atomic E-state index is 13.1. The number of aliphatic hydroxyl groups is 1. The molecule has 0 fully saturated rings. The molecule has 0 aliphatic rings. The van der Waals surface area contributed by atoms with E-state index < -0.39 is 97.5 Å². The zero-order valence-corrected chi connectivity index (χ0v) is 69.3. The van der Waals surface area contributed by atoms with Gasteiger partial charge in [0.25, 0.3) is 0 Å². The smallest absolute Gasteiger partial charge is 0.462 e. The third-order valence-electron chi connectivity index (χ3n) is 19.8. The molecule has 0 aromatic carbocycles. The van der Waals surface area contributed by atoms with Crippen LogP contribution in [0.3, 0.4) is 0 Å². The monoisotopic (exact) mass is 1510 g/mol. The summed E-state index contributed by atoms with van der Waals surface area (Å²) in [6.45, 7) is 7.38. The Labute approximate surface area is 632 Å². The predicted octanol–water partition coefficient (Wildman–Crippen LogP) is 25.6. The van der Waals surface area contributed by atoms with Crippen molar-refractivity contribution in [2.24, 2.45) is 5.92 Å². The van der Waals surface area contributed by atoms with Gasteiger partial charge in [-0.25, -0.2) is 9.13 Å². The van der Waals surface area contributed by atoms with Crippen molar-refractivity contribution < 1.29 is 80.2 Å². The molecule has 0 heterocycles. The Morgan fingerprint density at radius 2 is 0.447 bits per heavy atom. The molecule has 3 N–H and O–H groups in total. The normalized spacial score (nSPS) is 13.8. The third-order valence-corrected chi connectivity index (χ3v) is 21.7. The summed E-state index contributed by atoms with van der Waals surface area (Å²) in [4.78, 5) is 73.2. The molecule has 5 atom stereocenters. The highest BCUT2D eigenvalue weighted by atomic mass is 31.2. The van der Waals surface area contributed by atoms with E-state index in [-0.39, 0.29) is 25.7 Å². The summed E-state index contributed by atoms with van der Waals surface area (Å²) in [7, 11) is -9.92. The van der Waals surface area contributed by atoms with Crippen LogP contribution in [0.4, 0.5) is 0 Å². The Hall–Kier alpha value is -1.94. The minimum Gasteiger partial charge on any atom is -0.462 e. The standard InChI is InChI=1S/C84H164O17P2/c1-6-9-12-15-18-21-24-27-29-31-33-38-43-48-53-58-63-68-82(87)95-74-80(101-84(89)70-65-60-55-50-45-40-36-35-37-41-46-51-56-61-66-77(4)5)76-99-103(92,93)97-72-78(85)71-96-102(90,91)98-75-79(73-94-81(86)67-62-57-52-47-42-26-23-20-17-14-11-8-3)100-83(88)69-64-59-54-49-44-39-34-32-30-28-25-22-19-16-13-10-7-2/h77-80,85H,6-76H2,1-5H3,(H,90,91)(H,92,93)/t78-,79+,80+/m0/s1. The summed E-state index contributed by atoms with van der Waals surface area (Å²) in [6, 6.07) is 0. The molecule has 0 saturated carbocycles. The molecule has 0 aromatic rings. The SMILES string of the molecule is CCCCCCCCCCCCCCCCCCCC(=O)OC[C@H](COP(=O)(O)OC[C@@H](O)COP(=O)(O)OC[C@@H](COC(=O)CCCCCCCCCCCCCC)OC(=O)CCCCCCCCCCCCCCCCCCC)OC(=O)CCCCCCCCCCCCCCCCC(C)C. The van der Waals surface area contributed by atoms with Gasteiger partial charge in [-0.2, -0.15) is 0 Å². The van der Waals surface area contributed by atoms with Crippen molar-refractivity contribution in [1.29, 1.82) is 0 Å². The third kappa shape index (κ3) is 78.0. The molecule has 0 aromatic heterocycles. The molecule has 19 heteroatoms. The second-order valence-electron chi connectivity index (χ2n) is 30.7. The fourth-order valence-electron chi connectivity index (χ4n) is 13.1. The van der Waals surface area contributed by atoms with Gasteiger partial charge in [0.05, 0.1) is 26.4 Å². The van der Waals surface area contributed by atoms with Crippen LogP contribution < -0.4 is 0 Å². The highest BCUT2D eigenvalue weighted by Crippen LogP contribution is 2.45. The van der Waals surface area contributed by atoms with Gasteiger partial charge in [-0.15, -0.1) is 0 Å². The van der Waals surface area contributed by atoms with Crippen LogP contribution >= 0.6 is 15.6 Å². The van der Waals surface area contributed by atoms with E-state index in [0.717, 1.165) is 95.8 Å². The fourth-order valence-corrected chi connectivity index (χ4v) is 14.7. The molecule has 17 nitrogen and oxygen atoms in total. The van der Waals surface area contributed by atoms with E-state index in [1.54, 1.807) is 0 Å². The lowest BCUT2D eigenvalue weighted by Gasteiger charge is -2.21. The lowest BCUT2D eigenvalue weighted by molar-refractivity contribution is -0.161. The number of hydrogen-bond donors (Lipinski definition) is 3. The molecule has 0 aliphatic heterocycles. The van der Waals surface area contributed by atoms with Crippen molar-refractivity contribution in [3.8, 4) is 0 Å². The highest BCUT2D eigenvalue weighted by molar-refractivity contribution is 7.47. The lowest BCUT2D eigenvalue weighted by Crippen LogP contribution is -2.30. The number of aliphatic hydroxyl groups excluding tert-OH is 1. The molecule has 0 radical (unpaired) electrons. The zero-order chi connectivity index (χ0) is 75.5. The molecule has 612 valence electrons. The van der Waals surface area contributed by atoms with E-state index in [4.69, 9.17) is 37.0 Å². The van der Waals surface area contributed by atoms with Gasteiger partial charge in [0.1, 0.15) is 19.3 Å². The van der Waals surface area contributed by atoms with Gasteiger partial charge in [-0.3, -0.25) is 37.3 Å². The minimum absolute atomic E-state index is 0.109. The first kappa shape index (κ1) is 101. The molecular weight excluding hydrogens is 1340 g/mol. The maximum absolute atomic E-state index is 13.1. The quantitative estimate of drug-likeness (QED) is 0.0222. The predicted molar refractivity (Wildman–Crippen MR) is 423 cm³/mol. The average molecular weight is 1510 g/mol. The molecule has 0 amide bonds. The second-order valence-corrected chi connectivity index (χ2v) is 33.6. The van der Waals surface area contributed by atoms with Crippen LogP contribution in [0.15, 0.2) is 0 Å². The molecule has 0 aliphatic carbocycles. The summed E-state index contributed by atoms with van der Waals surface area (Å²) in [5.74, 6) is -1.30. The van der Waals surface area contributed by atoms with Crippen molar-refractivity contribution >= 4 is 39.5 Å². The number of carbonyl (C=O) groups is 4. The van der Waals surface area contributed by atoms with Crippen molar-refractivity contribution in [1.82, 2.24) is 0 Å². The van der Waals surface area contributed by atoms with E-state index in [0.29, 0.717) is 25.7 Å². The van der Waals surface area contributed by atoms with Crippen LogP contribution in [-0.2, 0) is 65.4 Å². The Balaban J connectivity index is 5.26. The van der Waals surface area contributed by atoms with Crippen LogP contribution in [0.25, 0.3) is 0 Å². The maximum Gasteiger partial charge on any atom is 0.472 e. The van der Waals surface area contributed by atoms with Gasteiger partial charge >= 0.3 is 39.5 Å². The van der Waals surface area contributed by atoms with E-state index in [2.05, 4.69) is 34.6 Å². The number of ether oxygens (including phenoxy) is 4. The van der Waals surface area contributed by atoms with E-state index in [1.807, 2.05) is 0 Å². The minimum atomic E-state index is -4.96.